The molecule has 3 aromatic carbocycles. The van der Waals surface area contributed by atoms with Crippen molar-refractivity contribution < 1.29 is 9.18 Å². The fourth-order valence-corrected chi connectivity index (χ4v) is 4.30. The lowest BCUT2D eigenvalue weighted by atomic mass is 9.73. The zero-order chi connectivity index (χ0) is 20.9. The number of carbonyl (C=O) groups is 1. The van der Waals surface area contributed by atoms with Gasteiger partial charge in [0.15, 0.2) is 0 Å². The van der Waals surface area contributed by atoms with Crippen LogP contribution >= 0.6 is 0 Å². The number of benzene rings is 3. The van der Waals surface area contributed by atoms with Gasteiger partial charge < -0.3 is 16.0 Å². The van der Waals surface area contributed by atoms with E-state index in [1.54, 1.807) is 6.07 Å². The molecule has 0 aliphatic heterocycles. The minimum absolute atomic E-state index is 0.0737. The standard InChI is InChI=1S/C25H24FN3O/c1-15(24(30)28-19-7-4-17(5-8-19)25(27)11-2-12-25)16-3-9-20-21-10-6-18(26)14-23(21)29-22(20)13-16/h3-10,13-15,29H,2,11-12,27H2,1H3,(H,28,30). The predicted octanol–water partition coefficient (Wildman–Crippen LogP) is 5.54. The van der Waals surface area contributed by atoms with Crippen LogP contribution in [-0.4, -0.2) is 10.9 Å². The van der Waals surface area contributed by atoms with Crippen LogP contribution in [0.2, 0.25) is 0 Å². The van der Waals surface area contributed by atoms with Gasteiger partial charge in [-0.1, -0.05) is 24.3 Å². The van der Waals surface area contributed by atoms with Gasteiger partial charge in [0.2, 0.25) is 5.91 Å². The average Bonchev–Trinajstić information content (AvgIpc) is 3.08. The number of H-pyrrole nitrogens is 1. The lowest BCUT2D eigenvalue weighted by Gasteiger charge is -2.38. The van der Waals surface area contributed by atoms with Crippen LogP contribution in [0.4, 0.5) is 10.1 Å². The number of carbonyl (C=O) groups excluding carboxylic acids is 1. The number of nitrogens with one attached hydrogen (secondary N) is 2. The third-order valence-electron chi connectivity index (χ3n) is 6.45. The Balaban J connectivity index is 1.35. The van der Waals surface area contributed by atoms with Gasteiger partial charge in [-0.25, -0.2) is 4.39 Å². The molecule has 152 valence electrons. The summed E-state index contributed by atoms with van der Waals surface area (Å²) in [5.74, 6) is -0.675. The fourth-order valence-electron chi connectivity index (χ4n) is 4.30. The van der Waals surface area contributed by atoms with Crippen LogP contribution in [0.5, 0.6) is 0 Å². The number of fused-ring (bicyclic) bond motifs is 3. The first-order valence-corrected chi connectivity index (χ1v) is 10.3. The van der Waals surface area contributed by atoms with Gasteiger partial charge in [0.25, 0.3) is 0 Å². The number of anilines is 1. The van der Waals surface area contributed by atoms with Gasteiger partial charge in [0.1, 0.15) is 5.82 Å². The fraction of sp³-hybridized carbons (Fsp3) is 0.240. The molecule has 0 radical (unpaired) electrons. The number of rotatable bonds is 4. The molecule has 0 saturated heterocycles. The van der Waals surface area contributed by atoms with Crippen LogP contribution in [0, 0.1) is 5.82 Å². The van der Waals surface area contributed by atoms with Crippen molar-refractivity contribution in [3.05, 3.63) is 77.6 Å². The molecule has 1 unspecified atom stereocenters. The molecular formula is C25H24FN3O. The van der Waals surface area contributed by atoms with Gasteiger partial charge in [-0.05, 0) is 73.7 Å². The van der Waals surface area contributed by atoms with Crippen LogP contribution < -0.4 is 11.1 Å². The maximum Gasteiger partial charge on any atom is 0.231 e. The van der Waals surface area contributed by atoms with E-state index in [4.69, 9.17) is 5.73 Å². The number of hydrogen-bond acceptors (Lipinski definition) is 2. The van der Waals surface area contributed by atoms with Crippen LogP contribution in [0.3, 0.4) is 0 Å². The minimum atomic E-state index is -0.329. The van der Waals surface area contributed by atoms with E-state index in [0.717, 1.165) is 51.5 Å². The van der Waals surface area contributed by atoms with Crippen molar-refractivity contribution >= 4 is 33.4 Å². The molecule has 5 heteroatoms. The van der Waals surface area contributed by atoms with Gasteiger partial charge in [-0.15, -0.1) is 0 Å². The summed E-state index contributed by atoms with van der Waals surface area (Å²) >= 11 is 0. The quantitative estimate of drug-likeness (QED) is 0.420. The molecule has 1 atom stereocenters. The molecule has 5 rings (SSSR count). The highest BCUT2D eigenvalue weighted by Gasteiger charge is 2.34. The number of halogens is 1. The van der Waals surface area contributed by atoms with E-state index in [9.17, 15) is 9.18 Å². The highest BCUT2D eigenvalue weighted by atomic mass is 19.1. The molecule has 1 saturated carbocycles. The molecule has 30 heavy (non-hydrogen) atoms. The Morgan fingerprint density at radius 2 is 1.70 bits per heavy atom. The number of amides is 1. The molecule has 1 heterocycles. The molecule has 4 aromatic rings. The number of aromatic nitrogens is 1. The minimum Gasteiger partial charge on any atom is -0.354 e. The van der Waals surface area contributed by atoms with Crippen LogP contribution in [0.1, 0.15) is 43.2 Å². The summed E-state index contributed by atoms with van der Waals surface area (Å²) in [7, 11) is 0. The second-order valence-electron chi connectivity index (χ2n) is 8.42. The lowest BCUT2D eigenvalue weighted by Crippen LogP contribution is -2.43. The van der Waals surface area contributed by atoms with Crippen LogP contribution in [0.25, 0.3) is 21.8 Å². The third kappa shape index (κ3) is 3.15. The Hall–Kier alpha value is -3.18. The molecule has 1 fully saturated rings. The lowest BCUT2D eigenvalue weighted by molar-refractivity contribution is -0.117. The maximum atomic E-state index is 13.5. The van der Waals surface area contributed by atoms with E-state index < -0.39 is 0 Å². The average molecular weight is 401 g/mol. The van der Waals surface area contributed by atoms with E-state index in [-0.39, 0.29) is 23.2 Å². The van der Waals surface area contributed by atoms with Crippen molar-refractivity contribution in [2.45, 2.75) is 37.6 Å². The van der Waals surface area contributed by atoms with Gasteiger partial charge in [0.05, 0.1) is 5.92 Å². The van der Waals surface area contributed by atoms with Crippen molar-refractivity contribution in [1.29, 1.82) is 0 Å². The molecule has 4 N–H and O–H groups in total. The van der Waals surface area contributed by atoms with Crippen molar-refractivity contribution in [3.8, 4) is 0 Å². The summed E-state index contributed by atoms with van der Waals surface area (Å²) in [6.45, 7) is 1.89. The highest BCUT2D eigenvalue weighted by Crippen LogP contribution is 2.39. The van der Waals surface area contributed by atoms with E-state index >= 15 is 0 Å². The zero-order valence-corrected chi connectivity index (χ0v) is 16.8. The zero-order valence-electron chi connectivity index (χ0n) is 16.8. The van der Waals surface area contributed by atoms with E-state index in [0.29, 0.717) is 0 Å². The molecule has 1 aromatic heterocycles. The molecule has 1 amide bonds. The smallest absolute Gasteiger partial charge is 0.231 e. The Morgan fingerprint density at radius 1 is 1.03 bits per heavy atom. The summed E-state index contributed by atoms with van der Waals surface area (Å²) in [5.41, 5.74) is 10.6. The first kappa shape index (κ1) is 18.8. The molecule has 1 aliphatic carbocycles. The first-order valence-electron chi connectivity index (χ1n) is 10.3. The second-order valence-corrected chi connectivity index (χ2v) is 8.42. The molecule has 0 bridgehead atoms. The Labute approximate surface area is 174 Å². The van der Waals surface area contributed by atoms with E-state index in [1.807, 2.05) is 49.4 Å². The summed E-state index contributed by atoms with van der Waals surface area (Å²) < 4.78 is 13.5. The summed E-state index contributed by atoms with van der Waals surface area (Å²) in [4.78, 5) is 16.1. The normalized spacial score (nSPS) is 16.4. The second kappa shape index (κ2) is 6.96. The van der Waals surface area contributed by atoms with E-state index in [1.165, 1.54) is 18.6 Å². The molecule has 1 aliphatic rings. The summed E-state index contributed by atoms with van der Waals surface area (Å²) in [6.07, 6.45) is 3.19. The molecule has 4 nitrogen and oxygen atoms in total. The van der Waals surface area contributed by atoms with Crippen LogP contribution in [-0.2, 0) is 10.3 Å². The van der Waals surface area contributed by atoms with E-state index in [2.05, 4.69) is 10.3 Å². The van der Waals surface area contributed by atoms with Crippen molar-refractivity contribution in [1.82, 2.24) is 4.98 Å². The molecule has 0 spiro atoms. The predicted molar refractivity (Wildman–Crippen MR) is 119 cm³/mol. The topological polar surface area (TPSA) is 70.9 Å². The van der Waals surface area contributed by atoms with Gasteiger partial charge in [-0.2, -0.15) is 0 Å². The summed E-state index contributed by atoms with van der Waals surface area (Å²) in [6, 6.07) is 18.5. The first-order chi connectivity index (χ1) is 14.4. The number of nitrogens with two attached hydrogens (primary N) is 1. The van der Waals surface area contributed by atoms with Gasteiger partial charge in [0, 0.05) is 33.0 Å². The van der Waals surface area contributed by atoms with Crippen LogP contribution in [0.15, 0.2) is 60.7 Å². The Kier molecular flexibility index (Phi) is 4.36. The van der Waals surface area contributed by atoms with Crippen molar-refractivity contribution in [2.75, 3.05) is 5.32 Å². The summed E-state index contributed by atoms with van der Waals surface area (Å²) in [5, 5.41) is 4.99. The number of aromatic amines is 1. The largest absolute Gasteiger partial charge is 0.354 e. The van der Waals surface area contributed by atoms with Gasteiger partial charge in [-0.3, -0.25) is 4.79 Å². The van der Waals surface area contributed by atoms with Gasteiger partial charge >= 0.3 is 0 Å². The van der Waals surface area contributed by atoms with Crippen molar-refractivity contribution in [3.63, 3.8) is 0 Å². The highest BCUT2D eigenvalue weighted by molar-refractivity contribution is 6.07. The SMILES string of the molecule is CC(C(=O)Nc1ccc(C2(N)CCC2)cc1)c1ccc2c(c1)[nH]c1cc(F)ccc12. The number of hydrogen-bond donors (Lipinski definition) is 3. The monoisotopic (exact) mass is 401 g/mol. The maximum absolute atomic E-state index is 13.5. The van der Waals surface area contributed by atoms with Crippen molar-refractivity contribution in [2.24, 2.45) is 5.73 Å². The molecular weight excluding hydrogens is 377 g/mol. The Bertz CT molecular complexity index is 1250. The Morgan fingerprint density at radius 3 is 2.37 bits per heavy atom. The third-order valence-corrected chi connectivity index (χ3v) is 6.45.